The normalized spacial score (nSPS) is 11.5. The Hall–Kier alpha value is -2.99. The minimum atomic E-state index is -4.84. The van der Waals surface area contributed by atoms with Gasteiger partial charge in [-0.25, -0.2) is 9.59 Å². The Morgan fingerprint density at radius 1 is 0.833 bits per heavy atom. The first-order valence-corrected chi connectivity index (χ1v) is 7.34. The topological polar surface area (TPSA) is 204 Å². The number of benzene rings is 1. The molecule has 12 heteroatoms. The van der Waals surface area contributed by atoms with Crippen LogP contribution in [0.4, 0.5) is 0 Å². The standard InChI is InChI=1S/C8H6O4.C4H6O7S/c9-7(10)5-1-2-6(4-3-5)8(11)12;5-3(6)1-2(4(7)8)12(9,10)11/h1-4H,(H,9,10)(H,11,12);2H,1H2,(H,5,6)(H,7,8)(H,9,10,11). The quantitative estimate of drug-likeness (QED) is 0.421. The maximum Gasteiger partial charge on any atom is 0.335 e. The molecule has 0 aromatic heterocycles. The summed E-state index contributed by atoms with van der Waals surface area (Å²) in [5, 5.41) is 30.8. The minimum absolute atomic E-state index is 0.0833. The Morgan fingerprint density at radius 2 is 1.17 bits per heavy atom. The van der Waals surface area contributed by atoms with E-state index in [4.69, 9.17) is 25.0 Å². The van der Waals surface area contributed by atoms with E-state index in [1.807, 2.05) is 0 Å². The van der Waals surface area contributed by atoms with Gasteiger partial charge in [0.2, 0.25) is 0 Å². The second-order valence-electron chi connectivity index (χ2n) is 4.13. The molecule has 1 rings (SSSR count). The lowest BCUT2D eigenvalue weighted by Crippen LogP contribution is -2.31. The molecule has 1 aromatic carbocycles. The fourth-order valence-corrected chi connectivity index (χ4v) is 1.84. The molecule has 24 heavy (non-hydrogen) atoms. The second-order valence-corrected chi connectivity index (χ2v) is 5.73. The zero-order valence-corrected chi connectivity index (χ0v) is 12.5. The lowest BCUT2D eigenvalue weighted by atomic mass is 10.1. The van der Waals surface area contributed by atoms with Gasteiger partial charge < -0.3 is 20.4 Å². The molecule has 0 aliphatic carbocycles. The third-order valence-electron chi connectivity index (χ3n) is 2.37. The molecular formula is C12H12O11S. The Balaban J connectivity index is 0.000000441. The monoisotopic (exact) mass is 364 g/mol. The maximum absolute atomic E-state index is 10.3. The van der Waals surface area contributed by atoms with Gasteiger partial charge in [-0.3, -0.25) is 14.1 Å². The maximum atomic E-state index is 10.3. The van der Waals surface area contributed by atoms with Crippen LogP contribution in [0.1, 0.15) is 27.1 Å². The molecule has 1 aromatic rings. The average molecular weight is 364 g/mol. The van der Waals surface area contributed by atoms with Gasteiger partial charge in [0, 0.05) is 0 Å². The number of hydrogen-bond acceptors (Lipinski definition) is 6. The third-order valence-corrected chi connectivity index (χ3v) is 3.46. The van der Waals surface area contributed by atoms with Crippen LogP contribution in [-0.2, 0) is 19.7 Å². The smallest absolute Gasteiger partial charge is 0.335 e. The minimum Gasteiger partial charge on any atom is -0.481 e. The number of carbonyl (C=O) groups is 4. The van der Waals surface area contributed by atoms with Crippen LogP contribution in [0, 0.1) is 0 Å². The summed E-state index contributed by atoms with van der Waals surface area (Å²) >= 11 is 0. The second kappa shape index (κ2) is 8.59. The average Bonchev–Trinajstić information content (AvgIpc) is 2.44. The third kappa shape index (κ3) is 7.33. The molecule has 0 aliphatic heterocycles. The lowest BCUT2D eigenvalue weighted by molar-refractivity contribution is -0.143. The van der Waals surface area contributed by atoms with Crippen molar-refractivity contribution < 1.29 is 52.6 Å². The first-order chi connectivity index (χ1) is 10.9. The van der Waals surface area contributed by atoms with Crippen LogP contribution < -0.4 is 0 Å². The molecule has 0 aliphatic rings. The van der Waals surface area contributed by atoms with Crippen molar-refractivity contribution in [2.45, 2.75) is 11.7 Å². The Morgan fingerprint density at radius 3 is 1.29 bits per heavy atom. The summed E-state index contributed by atoms with van der Waals surface area (Å²) < 4.78 is 28.7. The van der Waals surface area contributed by atoms with E-state index in [0.29, 0.717) is 0 Å². The van der Waals surface area contributed by atoms with Gasteiger partial charge in [0.15, 0.2) is 5.25 Å². The highest BCUT2D eigenvalue weighted by atomic mass is 32.2. The molecule has 0 spiro atoms. The number of hydrogen-bond donors (Lipinski definition) is 5. The van der Waals surface area contributed by atoms with Gasteiger partial charge in [0.25, 0.3) is 10.1 Å². The Labute approximate surface area is 134 Å². The van der Waals surface area contributed by atoms with E-state index in [-0.39, 0.29) is 11.1 Å². The number of aliphatic carboxylic acids is 2. The van der Waals surface area contributed by atoms with E-state index in [1.165, 1.54) is 24.3 Å². The zero-order valence-electron chi connectivity index (χ0n) is 11.7. The molecule has 1 atom stereocenters. The van der Waals surface area contributed by atoms with Crippen molar-refractivity contribution in [1.82, 2.24) is 0 Å². The van der Waals surface area contributed by atoms with E-state index in [9.17, 15) is 27.6 Å². The highest BCUT2D eigenvalue weighted by molar-refractivity contribution is 7.87. The molecule has 5 N–H and O–H groups in total. The van der Waals surface area contributed by atoms with Gasteiger partial charge in [-0.1, -0.05) is 0 Å². The molecular weight excluding hydrogens is 352 g/mol. The Bertz CT molecular complexity index is 700. The summed E-state index contributed by atoms with van der Waals surface area (Å²) in [5.41, 5.74) is 0.167. The van der Waals surface area contributed by atoms with Gasteiger partial charge in [0.1, 0.15) is 0 Å². The summed E-state index contributed by atoms with van der Waals surface area (Å²) in [6.07, 6.45) is -1.16. The highest BCUT2D eigenvalue weighted by Gasteiger charge is 2.33. The first kappa shape index (κ1) is 21.0. The van der Waals surface area contributed by atoms with Crippen molar-refractivity contribution in [3.05, 3.63) is 35.4 Å². The molecule has 1 unspecified atom stereocenters. The van der Waals surface area contributed by atoms with Gasteiger partial charge >= 0.3 is 23.9 Å². The van der Waals surface area contributed by atoms with Gasteiger partial charge in [-0.05, 0) is 24.3 Å². The molecule has 0 saturated carbocycles. The van der Waals surface area contributed by atoms with Crippen LogP contribution in [-0.4, -0.2) is 62.5 Å². The SMILES string of the molecule is O=C(O)CC(C(=O)O)S(=O)(=O)O.O=C(O)c1ccc(C(=O)O)cc1. The van der Waals surface area contributed by atoms with E-state index < -0.39 is 45.7 Å². The molecule has 0 fully saturated rings. The van der Waals surface area contributed by atoms with Crippen LogP contribution >= 0.6 is 0 Å². The summed E-state index contributed by atoms with van der Waals surface area (Å²) in [4.78, 5) is 40.7. The molecule has 132 valence electrons. The fraction of sp³-hybridized carbons (Fsp3) is 0.167. The van der Waals surface area contributed by atoms with Crippen LogP contribution in [0.25, 0.3) is 0 Å². The predicted molar refractivity (Wildman–Crippen MR) is 75.6 cm³/mol. The van der Waals surface area contributed by atoms with Crippen molar-refractivity contribution in [3.8, 4) is 0 Å². The molecule has 0 heterocycles. The largest absolute Gasteiger partial charge is 0.481 e. The Kier molecular flexibility index (Phi) is 7.52. The predicted octanol–water partition coefficient (Wildman–Crippen LogP) is -0.115. The molecule has 0 radical (unpaired) electrons. The first-order valence-electron chi connectivity index (χ1n) is 5.83. The summed E-state index contributed by atoms with van der Waals surface area (Å²) in [6, 6.07) is 5.02. The van der Waals surface area contributed by atoms with Crippen LogP contribution in [0.5, 0.6) is 0 Å². The van der Waals surface area contributed by atoms with Crippen molar-refractivity contribution in [2.24, 2.45) is 0 Å². The van der Waals surface area contributed by atoms with E-state index in [2.05, 4.69) is 0 Å². The summed E-state index contributed by atoms with van der Waals surface area (Å²) in [5.74, 6) is -5.63. The number of carboxylic acid groups (broad SMARTS) is 4. The van der Waals surface area contributed by atoms with Gasteiger partial charge in [-0.2, -0.15) is 8.42 Å². The van der Waals surface area contributed by atoms with Gasteiger partial charge in [0.05, 0.1) is 17.5 Å². The summed E-state index contributed by atoms with van der Waals surface area (Å²) in [6.45, 7) is 0. The number of carboxylic acids is 4. The van der Waals surface area contributed by atoms with E-state index in [1.54, 1.807) is 0 Å². The van der Waals surface area contributed by atoms with E-state index >= 15 is 0 Å². The van der Waals surface area contributed by atoms with Crippen molar-refractivity contribution in [1.29, 1.82) is 0 Å². The molecule has 0 saturated heterocycles. The molecule has 11 nitrogen and oxygen atoms in total. The van der Waals surface area contributed by atoms with Crippen molar-refractivity contribution >= 4 is 34.0 Å². The van der Waals surface area contributed by atoms with Crippen LogP contribution in [0.2, 0.25) is 0 Å². The van der Waals surface area contributed by atoms with Crippen molar-refractivity contribution in [3.63, 3.8) is 0 Å². The number of aromatic carboxylic acids is 2. The molecule has 0 amide bonds. The highest BCUT2D eigenvalue weighted by Crippen LogP contribution is 2.04. The van der Waals surface area contributed by atoms with Crippen molar-refractivity contribution in [2.75, 3.05) is 0 Å². The van der Waals surface area contributed by atoms with Crippen LogP contribution in [0.3, 0.4) is 0 Å². The fourth-order valence-electron chi connectivity index (χ4n) is 1.23. The van der Waals surface area contributed by atoms with Gasteiger partial charge in [-0.15, -0.1) is 0 Å². The zero-order chi connectivity index (χ0) is 19.1. The molecule has 0 bridgehead atoms. The van der Waals surface area contributed by atoms with E-state index in [0.717, 1.165) is 0 Å². The number of rotatable bonds is 6. The summed E-state index contributed by atoms with van der Waals surface area (Å²) in [7, 11) is -4.84. The van der Waals surface area contributed by atoms with Crippen LogP contribution in [0.15, 0.2) is 24.3 Å². The lowest BCUT2D eigenvalue weighted by Gasteiger charge is -2.04.